The smallest absolute Gasteiger partial charge is 0.148 e. The fraction of sp³-hybridized carbons (Fsp3) is 0.133. The molecule has 3 aromatic rings. The van der Waals surface area contributed by atoms with Gasteiger partial charge < -0.3 is 14.5 Å². The van der Waals surface area contributed by atoms with Gasteiger partial charge in [0.15, 0.2) is 0 Å². The largest absolute Gasteiger partial charge is 0.496 e. The van der Waals surface area contributed by atoms with Crippen LogP contribution in [0.4, 0.5) is 0 Å². The highest BCUT2D eigenvalue weighted by atomic mass is 16.5. The lowest BCUT2D eigenvalue weighted by atomic mass is 10.1. The Balaban J connectivity index is 2.17. The summed E-state index contributed by atoms with van der Waals surface area (Å²) in [5.74, 6) is 4.31. The number of aromatic amines is 1. The zero-order valence-corrected chi connectivity index (χ0v) is 11.3. The Morgan fingerprint density at radius 1 is 1.24 bits per heavy atom. The maximum absolute atomic E-state index is 5.57. The van der Waals surface area contributed by atoms with Crippen LogP contribution >= 0.6 is 0 Å². The van der Waals surface area contributed by atoms with Crippen molar-refractivity contribution in [1.82, 2.24) is 20.2 Å². The summed E-state index contributed by atoms with van der Waals surface area (Å²) in [6.07, 6.45) is 8.46. The summed E-state index contributed by atoms with van der Waals surface area (Å²) in [4.78, 5) is 7.67. The lowest BCUT2D eigenvalue weighted by molar-refractivity contribution is 0.365. The number of nitrogens with one attached hydrogen (secondary N) is 1. The van der Waals surface area contributed by atoms with Crippen LogP contribution in [0.1, 0.15) is 0 Å². The molecule has 0 fully saturated rings. The Labute approximate surface area is 121 Å². The van der Waals surface area contributed by atoms with Gasteiger partial charge in [-0.25, -0.2) is 4.98 Å². The van der Waals surface area contributed by atoms with Crippen molar-refractivity contribution in [2.24, 2.45) is 0 Å². The molecule has 3 rings (SSSR count). The first-order valence-corrected chi connectivity index (χ1v) is 6.23. The van der Waals surface area contributed by atoms with Crippen molar-refractivity contribution in [3.63, 3.8) is 0 Å². The summed E-state index contributed by atoms with van der Waals surface area (Å²) in [5, 5.41) is 7.64. The first-order valence-electron chi connectivity index (χ1n) is 6.23. The van der Waals surface area contributed by atoms with Gasteiger partial charge in [-0.15, -0.1) is 6.42 Å². The minimum absolute atomic E-state index is 0.170. The van der Waals surface area contributed by atoms with E-state index in [0.717, 1.165) is 5.52 Å². The second-order valence-electron chi connectivity index (χ2n) is 4.20. The van der Waals surface area contributed by atoms with E-state index in [1.807, 2.05) is 18.2 Å². The van der Waals surface area contributed by atoms with Crippen LogP contribution in [0.25, 0.3) is 22.4 Å². The molecule has 1 aromatic carbocycles. The third kappa shape index (κ3) is 2.37. The molecule has 6 heteroatoms. The molecule has 2 aromatic heterocycles. The highest BCUT2D eigenvalue weighted by Crippen LogP contribution is 2.37. The van der Waals surface area contributed by atoms with Crippen molar-refractivity contribution in [1.29, 1.82) is 0 Å². The maximum Gasteiger partial charge on any atom is 0.148 e. The molecule has 0 bridgehead atoms. The lowest BCUT2D eigenvalue weighted by Crippen LogP contribution is -1.98. The van der Waals surface area contributed by atoms with Gasteiger partial charge in [-0.1, -0.05) is 12.0 Å². The number of terminal acetylenes is 1. The van der Waals surface area contributed by atoms with Gasteiger partial charge in [0.05, 0.1) is 25.0 Å². The molecule has 0 spiro atoms. The number of methoxy groups -OCH3 is 1. The molecular formula is C15H12N4O2. The molecule has 0 atom stereocenters. The van der Waals surface area contributed by atoms with E-state index in [1.165, 1.54) is 0 Å². The van der Waals surface area contributed by atoms with Gasteiger partial charge in [-0.2, -0.15) is 10.2 Å². The van der Waals surface area contributed by atoms with Crippen LogP contribution in [0, 0.1) is 12.3 Å². The molecule has 2 heterocycles. The molecule has 1 N–H and O–H groups in total. The Bertz CT molecular complexity index is 787. The number of hydrogen-bond donors (Lipinski definition) is 1. The van der Waals surface area contributed by atoms with Crippen molar-refractivity contribution in [3.8, 4) is 35.2 Å². The second kappa shape index (κ2) is 5.51. The third-order valence-electron chi connectivity index (χ3n) is 2.95. The van der Waals surface area contributed by atoms with Crippen molar-refractivity contribution in [2.75, 3.05) is 13.7 Å². The molecular weight excluding hydrogens is 268 g/mol. The molecule has 0 aliphatic carbocycles. The fourth-order valence-electron chi connectivity index (χ4n) is 2.05. The quantitative estimate of drug-likeness (QED) is 0.740. The van der Waals surface area contributed by atoms with Crippen molar-refractivity contribution < 1.29 is 9.47 Å². The second-order valence-corrected chi connectivity index (χ2v) is 4.20. The van der Waals surface area contributed by atoms with Gasteiger partial charge in [-0.3, -0.25) is 0 Å². The van der Waals surface area contributed by atoms with Crippen molar-refractivity contribution in [2.45, 2.75) is 0 Å². The molecule has 0 aliphatic rings. The average molecular weight is 280 g/mol. The summed E-state index contributed by atoms with van der Waals surface area (Å²) < 4.78 is 11.0. The van der Waals surface area contributed by atoms with E-state index < -0.39 is 0 Å². The number of aromatic nitrogens is 4. The topological polar surface area (TPSA) is 72.9 Å². The molecule has 0 aliphatic heterocycles. The molecule has 21 heavy (non-hydrogen) atoms. The number of H-pyrrole nitrogens is 1. The predicted octanol–water partition coefficient (Wildman–Crippen LogP) is 2.04. The van der Waals surface area contributed by atoms with Crippen LogP contribution in [-0.2, 0) is 0 Å². The van der Waals surface area contributed by atoms with Crippen LogP contribution in [0.15, 0.2) is 30.6 Å². The Morgan fingerprint density at radius 2 is 2.05 bits per heavy atom. The maximum atomic E-state index is 5.57. The number of fused-ring (bicyclic) bond motifs is 1. The monoisotopic (exact) mass is 280 g/mol. The minimum Gasteiger partial charge on any atom is -0.496 e. The summed E-state index contributed by atoms with van der Waals surface area (Å²) >= 11 is 0. The molecule has 0 saturated heterocycles. The molecule has 6 nitrogen and oxygen atoms in total. The van der Waals surface area contributed by atoms with Gasteiger partial charge in [0.1, 0.15) is 35.0 Å². The summed E-state index contributed by atoms with van der Waals surface area (Å²) in [6, 6.07) is 5.49. The predicted molar refractivity (Wildman–Crippen MR) is 78.0 cm³/mol. The van der Waals surface area contributed by atoms with E-state index >= 15 is 0 Å². The van der Waals surface area contributed by atoms with Gasteiger partial charge in [0.2, 0.25) is 0 Å². The lowest BCUT2D eigenvalue weighted by Gasteiger charge is -2.11. The van der Waals surface area contributed by atoms with Crippen LogP contribution in [0.2, 0.25) is 0 Å². The van der Waals surface area contributed by atoms with Crippen molar-refractivity contribution in [3.05, 3.63) is 30.6 Å². The highest BCUT2D eigenvalue weighted by Gasteiger charge is 2.16. The number of rotatable bonds is 4. The van der Waals surface area contributed by atoms with E-state index in [4.69, 9.17) is 15.9 Å². The number of imidazole rings is 1. The van der Waals surface area contributed by atoms with E-state index in [2.05, 4.69) is 26.1 Å². The van der Waals surface area contributed by atoms with E-state index in [-0.39, 0.29) is 6.61 Å². The first-order chi connectivity index (χ1) is 10.3. The summed E-state index contributed by atoms with van der Waals surface area (Å²) in [7, 11) is 1.59. The van der Waals surface area contributed by atoms with Gasteiger partial charge in [0, 0.05) is 0 Å². The minimum atomic E-state index is 0.170. The molecule has 0 unspecified atom stereocenters. The van der Waals surface area contributed by atoms with Gasteiger partial charge in [-0.05, 0) is 12.1 Å². The Morgan fingerprint density at radius 3 is 2.81 bits per heavy atom. The Kier molecular flexibility index (Phi) is 3.39. The Hall–Kier alpha value is -3.07. The van der Waals surface area contributed by atoms with Crippen molar-refractivity contribution >= 4 is 11.0 Å². The standard InChI is InChI=1S/C15H12N4O2/c1-3-7-21-13-6-4-5-12(20-2)14(13)15-18-10-8-16-17-9-11(10)19-15/h1,4-6,8-9H,7H2,2H3,(H,18,19). The van der Waals surface area contributed by atoms with Gasteiger partial charge in [0.25, 0.3) is 0 Å². The van der Waals surface area contributed by atoms with Gasteiger partial charge >= 0.3 is 0 Å². The zero-order valence-electron chi connectivity index (χ0n) is 11.3. The molecule has 0 radical (unpaired) electrons. The van der Waals surface area contributed by atoms with Crippen LogP contribution < -0.4 is 9.47 Å². The van der Waals surface area contributed by atoms with E-state index in [9.17, 15) is 0 Å². The number of ether oxygens (including phenoxy) is 2. The van der Waals surface area contributed by atoms with Crippen LogP contribution in [0.3, 0.4) is 0 Å². The third-order valence-corrected chi connectivity index (χ3v) is 2.95. The molecule has 104 valence electrons. The van der Waals surface area contributed by atoms with Crippen LogP contribution in [0.5, 0.6) is 11.5 Å². The average Bonchev–Trinajstić information content (AvgIpc) is 2.95. The van der Waals surface area contributed by atoms with E-state index in [0.29, 0.717) is 28.4 Å². The van der Waals surface area contributed by atoms with E-state index in [1.54, 1.807) is 19.5 Å². The highest BCUT2D eigenvalue weighted by molar-refractivity contribution is 5.81. The molecule has 0 amide bonds. The zero-order chi connectivity index (χ0) is 14.7. The number of hydrogen-bond acceptors (Lipinski definition) is 5. The summed E-state index contributed by atoms with van der Waals surface area (Å²) in [5.41, 5.74) is 2.22. The SMILES string of the molecule is C#CCOc1cccc(OC)c1-c1nc2cnncc2[nH]1. The number of nitrogens with zero attached hydrogens (tertiary/aromatic N) is 3. The first kappa shape index (κ1) is 12.9. The van der Waals surface area contributed by atoms with Crippen LogP contribution in [-0.4, -0.2) is 33.9 Å². The molecule has 0 saturated carbocycles. The fourth-order valence-corrected chi connectivity index (χ4v) is 2.05. The summed E-state index contributed by atoms with van der Waals surface area (Å²) in [6.45, 7) is 0.170. The number of benzene rings is 1. The normalized spacial score (nSPS) is 10.3.